The third-order valence-electron chi connectivity index (χ3n) is 6.32. The molecule has 2 amide bonds. The molecule has 2 heterocycles. The number of hydrogen-bond acceptors (Lipinski definition) is 5. The molecule has 0 unspecified atom stereocenters. The fourth-order valence-corrected chi connectivity index (χ4v) is 4.47. The van der Waals surface area contributed by atoms with E-state index in [1.807, 2.05) is 35.2 Å². The monoisotopic (exact) mass is 466 g/mol. The lowest BCUT2D eigenvalue weighted by Gasteiger charge is -2.38. The average Bonchev–Trinajstić information content (AvgIpc) is 2.85. The maximum Gasteiger partial charge on any atom is 0.338 e. The van der Waals surface area contributed by atoms with Crippen LogP contribution in [0.4, 0.5) is 14.9 Å². The molecule has 180 valence electrons. The first-order chi connectivity index (χ1) is 16.5. The van der Waals surface area contributed by atoms with Crippen LogP contribution in [0.2, 0.25) is 0 Å². The van der Waals surface area contributed by atoms with Gasteiger partial charge in [-0.15, -0.1) is 0 Å². The number of hydrogen-bond donors (Lipinski definition) is 2. The molecule has 4 rings (SSSR count). The number of esters is 1. The summed E-state index contributed by atoms with van der Waals surface area (Å²) >= 11 is 0. The zero-order chi connectivity index (χ0) is 24.1. The van der Waals surface area contributed by atoms with Gasteiger partial charge in [-0.2, -0.15) is 0 Å². The van der Waals surface area contributed by atoms with Crippen molar-refractivity contribution in [2.75, 3.05) is 44.2 Å². The van der Waals surface area contributed by atoms with Crippen molar-refractivity contribution in [3.8, 4) is 0 Å². The number of ether oxygens (including phenoxy) is 1. The van der Waals surface area contributed by atoms with Crippen LogP contribution in [0.1, 0.15) is 31.0 Å². The fraction of sp³-hybridized carbons (Fsp3) is 0.385. The van der Waals surface area contributed by atoms with Gasteiger partial charge in [-0.1, -0.05) is 43.3 Å². The quantitative estimate of drug-likeness (QED) is 0.612. The number of amides is 2. The number of rotatable bonds is 7. The van der Waals surface area contributed by atoms with Crippen molar-refractivity contribution < 1.29 is 18.7 Å². The van der Waals surface area contributed by atoms with E-state index in [4.69, 9.17) is 4.74 Å². The van der Waals surface area contributed by atoms with E-state index >= 15 is 0 Å². The Morgan fingerprint density at radius 2 is 1.76 bits per heavy atom. The van der Waals surface area contributed by atoms with E-state index in [-0.39, 0.29) is 18.5 Å². The number of halogens is 1. The van der Waals surface area contributed by atoms with E-state index in [0.717, 1.165) is 12.0 Å². The van der Waals surface area contributed by atoms with Crippen LogP contribution in [-0.2, 0) is 16.0 Å². The van der Waals surface area contributed by atoms with Gasteiger partial charge in [0.1, 0.15) is 5.82 Å². The first-order valence-electron chi connectivity index (χ1n) is 11.8. The largest absolute Gasteiger partial charge is 0.463 e. The summed E-state index contributed by atoms with van der Waals surface area (Å²) in [6, 6.07) is 13.7. The minimum atomic E-state index is -0.589. The van der Waals surface area contributed by atoms with Crippen LogP contribution in [-0.4, -0.2) is 56.2 Å². The molecule has 0 radical (unpaired) electrons. The van der Waals surface area contributed by atoms with Crippen molar-refractivity contribution in [1.82, 2.24) is 15.5 Å². The fourth-order valence-electron chi connectivity index (χ4n) is 4.47. The minimum absolute atomic E-state index is 0.231. The number of urea groups is 1. The predicted octanol–water partition coefficient (Wildman–Crippen LogP) is 3.38. The van der Waals surface area contributed by atoms with Gasteiger partial charge in [-0.3, -0.25) is 4.90 Å². The molecule has 2 aromatic rings. The zero-order valence-corrected chi connectivity index (χ0v) is 19.6. The molecule has 0 aromatic heterocycles. The summed E-state index contributed by atoms with van der Waals surface area (Å²) in [6.45, 7) is 7.13. The van der Waals surface area contributed by atoms with E-state index in [1.165, 1.54) is 11.6 Å². The molecule has 7 nitrogen and oxygen atoms in total. The second-order valence-corrected chi connectivity index (χ2v) is 8.45. The van der Waals surface area contributed by atoms with Gasteiger partial charge in [0.25, 0.3) is 0 Å². The molecule has 0 saturated carbocycles. The minimum Gasteiger partial charge on any atom is -0.463 e. The van der Waals surface area contributed by atoms with Crippen LogP contribution in [0.3, 0.4) is 0 Å². The Labute approximate surface area is 199 Å². The normalized spacial score (nSPS) is 19.0. The molecule has 1 fully saturated rings. The molecule has 2 aliphatic heterocycles. The number of nitrogens with zero attached hydrogens (tertiary/aromatic N) is 2. The van der Waals surface area contributed by atoms with Gasteiger partial charge in [0.2, 0.25) is 0 Å². The van der Waals surface area contributed by atoms with Crippen LogP contribution in [0.25, 0.3) is 0 Å². The van der Waals surface area contributed by atoms with E-state index in [0.29, 0.717) is 49.7 Å². The Morgan fingerprint density at radius 3 is 2.41 bits per heavy atom. The number of carbonyl (C=O) groups is 2. The Morgan fingerprint density at radius 1 is 1.06 bits per heavy atom. The summed E-state index contributed by atoms with van der Waals surface area (Å²) < 4.78 is 19.5. The molecule has 8 heteroatoms. The second-order valence-electron chi connectivity index (χ2n) is 8.45. The standard InChI is InChI=1S/C26H31FN4O3/c1-3-18-9-11-19(12-10-18)24-23(25(32)34-4-2)21(28-26(33)29-24)17-30-13-15-31(16-14-30)22-8-6-5-7-20(22)27/h5-12,24H,3-4,13-17H2,1-2H3,(H2,28,29,33)/t24-/m1/s1. The third kappa shape index (κ3) is 5.22. The average molecular weight is 467 g/mol. The number of aryl methyl sites for hydroxylation is 1. The smallest absolute Gasteiger partial charge is 0.338 e. The van der Waals surface area contributed by atoms with Gasteiger partial charge in [0.15, 0.2) is 0 Å². The first kappa shape index (κ1) is 23.8. The maximum atomic E-state index is 14.2. The molecule has 1 saturated heterocycles. The number of anilines is 1. The molecule has 2 aliphatic rings. The molecule has 0 bridgehead atoms. The Kier molecular flexibility index (Phi) is 7.47. The maximum absolute atomic E-state index is 14.2. The zero-order valence-electron chi connectivity index (χ0n) is 19.6. The highest BCUT2D eigenvalue weighted by molar-refractivity contribution is 5.95. The molecule has 2 aromatic carbocycles. The van der Waals surface area contributed by atoms with Crippen molar-refractivity contribution in [3.05, 3.63) is 76.7 Å². The van der Waals surface area contributed by atoms with Crippen molar-refractivity contribution >= 4 is 17.7 Å². The molecular weight excluding hydrogens is 435 g/mol. The van der Waals surface area contributed by atoms with Crippen molar-refractivity contribution in [1.29, 1.82) is 0 Å². The SMILES string of the molecule is CCOC(=O)C1=C(CN2CCN(c3ccccc3F)CC2)NC(=O)N[C@@H]1c1ccc(CC)cc1. The molecule has 1 atom stereocenters. The lowest BCUT2D eigenvalue weighted by molar-refractivity contribution is -0.139. The lowest BCUT2D eigenvalue weighted by atomic mass is 9.94. The van der Waals surface area contributed by atoms with Gasteiger partial charge >= 0.3 is 12.0 Å². The van der Waals surface area contributed by atoms with Crippen LogP contribution in [0.15, 0.2) is 59.8 Å². The third-order valence-corrected chi connectivity index (χ3v) is 6.32. The number of nitrogens with one attached hydrogen (secondary N) is 2. The molecule has 0 spiro atoms. The summed E-state index contributed by atoms with van der Waals surface area (Å²) in [7, 11) is 0. The van der Waals surface area contributed by atoms with Gasteiger partial charge in [0, 0.05) is 38.4 Å². The van der Waals surface area contributed by atoms with Crippen molar-refractivity contribution in [2.24, 2.45) is 0 Å². The summed E-state index contributed by atoms with van der Waals surface area (Å²) in [4.78, 5) is 29.7. The Bertz CT molecular complexity index is 1060. The van der Waals surface area contributed by atoms with E-state index in [2.05, 4.69) is 22.5 Å². The Hall–Kier alpha value is -3.39. The van der Waals surface area contributed by atoms with Crippen LogP contribution in [0.5, 0.6) is 0 Å². The lowest BCUT2D eigenvalue weighted by Crippen LogP contribution is -2.52. The highest BCUT2D eigenvalue weighted by Gasteiger charge is 2.34. The topological polar surface area (TPSA) is 73.9 Å². The van der Waals surface area contributed by atoms with Crippen LogP contribution in [0, 0.1) is 5.82 Å². The van der Waals surface area contributed by atoms with E-state index in [9.17, 15) is 14.0 Å². The Balaban J connectivity index is 1.56. The van der Waals surface area contributed by atoms with E-state index < -0.39 is 12.0 Å². The van der Waals surface area contributed by atoms with Gasteiger partial charge in [-0.05, 0) is 36.6 Å². The van der Waals surface area contributed by atoms with E-state index in [1.54, 1.807) is 19.1 Å². The van der Waals surface area contributed by atoms with Crippen molar-refractivity contribution in [2.45, 2.75) is 26.3 Å². The highest BCUT2D eigenvalue weighted by Crippen LogP contribution is 2.29. The molecule has 34 heavy (non-hydrogen) atoms. The molecule has 2 N–H and O–H groups in total. The van der Waals surface area contributed by atoms with Gasteiger partial charge < -0.3 is 20.3 Å². The summed E-state index contributed by atoms with van der Waals surface area (Å²) in [5.41, 5.74) is 3.57. The van der Waals surface area contributed by atoms with Crippen LogP contribution >= 0.6 is 0 Å². The predicted molar refractivity (Wildman–Crippen MR) is 129 cm³/mol. The summed E-state index contributed by atoms with van der Waals surface area (Å²) in [6.07, 6.45) is 0.906. The van der Waals surface area contributed by atoms with Gasteiger partial charge in [0.05, 0.1) is 23.9 Å². The number of para-hydroxylation sites is 1. The summed E-state index contributed by atoms with van der Waals surface area (Å²) in [5, 5.41) is 5.73. The number of piperazine rings is 1. The van der Waals surface area contributed by atoms with Gasteiger partial charge in [-0.25, -0.2) is 14.0 Å². The highest BCUT2D eigenvalue weighted by atomic mass is 19.1. The second kappa shape index (κ2) is 10.7. The summed E-state index contributed by atoms with van der Waals surface area (Å²) in [5.74, 6) is -0.676. The van der Waals surface area contributed by atoms with Crippen LogP contribution < -0.4 is 15.5 Å². The number of carbonyl (C=O) groups excluding carboxylic acids is 2. The number of benzene rings is 2. The molecular formula is C26H31FN4O3. The van der Waals surface area contributed by atoms with Crippen molar-refractivity contribution in [3.63, 3.8) is 0 Å². The first-order valence-corrected chi connectivity index (χ1v) is 11.8. The molecule has 0 aliphatic carbocycles.